The molecule has 0 unspecified atom stereocenters. The Kier molecular flexibility index (Phi) is 5.48. The first kappa shape index (κ1) is 18.4. The molecule has 0 amide bonds. The number of oxazole rings is 1. The lowest BCUT2D eigenvalue weighted by molar-refractivity contribution is 0.242. The Hall–Kier alpha value is -2.99. The van der Waals surface area contributed by atoms with Crippen molar-refractivity contribution in [1.82, 2.24) is 10.3 Å². The Morgan fingerprint density at radius 3 is 2.64 bits per heavy atom. The number of nitrogens with one attached hydrogen (secondary N) is 2. The van der Waals surface area contributed by atoms with E-state index in [0.717, 1.165) is 43.2 Å². The lowest BCUT2D eigenvalue weighted by Crippen LogP contribution is -2.43. The predicted octanol–water partition coefficient (Wildman–Crippen LogP) is 4.28. The van der Waals surface area contributed by atoms with E-state index in [9.17, 15) is 0 Å². The first-order chi connectivity index (χ1) is 13.7. The number of ether oxygens (including phenoxy) is 1. The van der Waals surface area contributed by atoms with Gasteiger partial charge in [0.1, 0.15) is 5.75 Å². The van der Waals surface area contributed by atoms with Crippen molar-refractivity contribution in [3.05, 3.63) is 54.7 Å². The molecule has 6 nitrogen and oxygen atoms in total. The number of aromatic nitrogens is 1. The molecule has 146 valence electrons. The van der Waals surface area contributed by atoms with Gasteiger partial charge in [-0.1, -0.05) is 12.1 Å². The zero-order valence-corrected chi connectivity index (χ0v) is 16.3. The molecule has 2 N–H and O–H groups in total. The van der Waals surface area contributed by atoms with Crippen molar-refractivity contribution in [2.45, 2.75) is 20.0 Å². The average molecular weight is 378 g/mol. The van der Waals surface area contributed by atoms with E-state index >= 15 is 0 Å². The summed E-state index contributed by atoms with van der Waals surface area (Å²) in [6, 6.07) is 16.7. The molecule has 2 heterocycles. The van der Waals surface area contributed by atoms with Crippen LogP contribution in [0.25, 0.3) is 11.3 Å². The van der Waals surface area contributed by atoms with Crippen LogP contribution in [0.4, 0.5) is 17.4 Å². The standard InChI is InChI=1S/C22H26N4O2/c1-16(2)27-20-5-3-4-17(14-20)21-15-24-22(28-21)25-18-6-8-19(9-7-18)26-12-10-23-11-13-26/h3-9,14-16,23H,10-13H2,1-2H3,(H,24,25). The molecule has 28 heavy (non-hydrogen) atoms. The summed E-state index contributed by atoms with van der Waals surface area (Å²) in [6.45, 7) is 8.16. The minimum atomic E-state index is 0.131. The van der Waals surface area contributed by atoms with Crippen LogP contribution in [0.5, 0.6) is 5.75 Å². The smallest absolute Gasteiger partial charge is 0.299 e. The van der Waals surface area contributed by atoms with E-state index in [-0.39, 0.29) is 6.10 Å². The molecule has 0 radical (unpaired) electrons. The van der Waals surface area contributed by atoms with Gasteiger partial charge in [0.2, 0.25) is 0 Å². The number of benzene rings is 2. The lowest BCUT2D eigenvalue weighted by Gasteiger charge is -2.29. The molecule has 6 heteroatoms. The summed E-state index contributed by atoms with van der Waals surface area (Å²) in [7, 11) is 0. The van der Waals surface area contributed by atoms with E-state index in [0.29, 0.717) is 11.8 Å². The van der Waals surface area contributed by atoms with Gasteiger partial charge >= 0.3 is 0 Å². The maximum absolute atomic E-state index is 5.88. The summed E-state index contributed by atoms with van der Waals surface area (Å²) in [5.41, 5.74) is 3.12. The molecule has 0 aliphatic carbocycles. The van der Waals surface area contributed by atoms with E-state index in [1.54, 1.807) is 6.20 Å². The van der Waals surface area contributed by atoms with Gasteiger partial charge < -0.3 is 24.7 Å². The number of hydrogen-bond acceptors (Lipinski definition) is 6. The van der Waals surface area contributed by atoms with Gasteiger partial charge in [-0.15, -0.1) is 0 Å². The minimum absolute atomic E-state index is 0.131. The summed E-state index contributed by atoms with van der Waals surface area (Å²) < 4.78 is 11.6. The molecule has 0 bridgehead atoms. The predicted molar refractivity (Wildman–Crippen MR) is 113 cm³/mol. The van der Waals surface area contributed by atoms with Crippen LogP contribution in [0.1, 0.15) is 13.8 Å². The SMILES string of the molecule is CC(C)Oc1cccc(-c2cnc(Nc3ccc(N4CCNCC4)cc3)o2)c1. The van der Waals surface area contributed by atoms with Crippen LogP contribution in [0.3, 0.4) is 0 Å². The molecule has 0 saturated carbocycles. The van der Waals surface area contributed by atoms with E-state index in [1.807, 2.05) is 38.1 Å². The highest BCUT2D eigenvalue weighted by molar-refractivity contribution is 5.62. The zero-order valence-electron chi connectivity index (χ0n) is 16.3. The Morgan fingerprint density at radius 2 is 1.89 bits per heavy atom. The van der Waals surface area contributed by atoms with Gasteiger partial charge in [-0.2, -0.15) is 0 Å². The Labute approximate surface area is 165 Å². The van der Waals surface area contributed by atoms with Gasteiger partial charge in [0.05, 0.1) is 12.3 Å². The van der Waals surface area contributed by atoms with Gasteiger partial charge in [0.15, 0.2) is 5.76 Å². The molecule has 1 saturated heterocycles. The van der Waals surface area contributed by atoms with Crippen molar-refractivity contribution in [2.24, 2.45) is 0 Å². The molecule has 2 aromatic carbocycles. The molecule has 1 aliphatic rings. The summed E-state index contributed by atoms with van der Waals surface area (Å²) in [6.07, 6.45) is 1.86. The van der Waals surface area contributed by atoms with Crippen molar-refractivity contribution >= 4 is 17.4 Å². The van der Waals surface area contributed by atoms with Crippen LogP contribution in [-0.4, -0.2) is 37.3 Å². The molecule has 0 spiro atoms. The third-order valence-corrected chi connectivity index (χ3v) is 4.60. The maximum Gasteiger partial charge on any atom is 0.299 e. The van der Waals surface area contributed by atoms with Crippen molar-refractivity contribution in [2.75, 3.05) is 36.4 Å². The van der Waals surface area contributed by atoms with Crippen LogP contribution in [0.15, 0.2) is 59.1 Å². The third kappa shape index (κ3) is 4.46. The second kappa shape index (κ2) is 8.35. The highest BCUT2D eigenvalue weighted by atomic mass is 16.5. The maximum atomic E-state index is 5.88. The quantitative estimate of drug-likeness (QED) is 0.667. The summed E-state index contributed by atoms with van der Waals surface area (Å²) >= 11 is 0. The monoisotopic (exact) mass is 378 g/mol. The number of rotatable bonds is 6. The Balaban J connectivity index is 1.43. The van der Waals surface area contributed by atoms with Crippen molar-refractivity contribution in [3.63, 3.8) is 0 Å². The molecular formula is C22H26N4O2. The summed E-state index contributed by atoms with van der Waals surface area (Å²) in [4.78, 5) is 6.74. The third-order valence-electron chi connectivity index (χ3n) is 4.60. The van der Waals surface area contributed by atoms with Crippen molar-refractivity contribution in [1.29, 1.82) is 0 Å². The van der Waals surface area contributed by atoms with Crippen LogP contribution < -0.4 is 20.3 Å². The molecular weight excluding hydrogens is 352 g/mol. The second-order valence-corrected chi connectivity index (χ2v) is 7.13. The van der Waals surface area contributed by atoms with Gasteiger partial charge in [0.25, 0.3) is 6.01 Å². The Bertz CT molecular complexity index is 899. The fourth-order valence-electron chi connectivity index (χ4n) is 3.26. The van der Waals surface area contributed by atoms with Crippen LogP contribution in [0, 0.1) is 0 Å². The highest BCUT2D eigenvalue weighted by Crippen LogP contribution is 2.28. The van der Waals surface area contributed by atoms with E-state index in [4.69, 9.17) is 9.15 Å². The first-order valence-electron chi connectivity index (χ1n) is 9.73. The lowest BCUT2D eigenvalue weighted by atomic mass is 10.2. The van der Waals surface area contributed by atoms with Gasteiger partial charge in [0, 0.05) is 43.1 Å². The van der Waals surface area contributed by atoms with Gasteiger partial charge in [-0.3, -0.25) is 0 Å². The fourth-order valence-corrected chi connectivity index (χ4v) is 3.26. The number of hydrogen-bond donors (Lipinski definition) is 2. The molecule has 3 aromatic rings. The fraction of sp³-hybridized carbons (Fsp3) is 0.318. The molecule has 1 aliphatic heterocycles. The summed E-state index contributed by atoms with van der Waals surface area (Å²) in [5.74, 6) is 1.52. The number of anilines is 3. The van der Waals surface area contributed by atoms with Crippen molar-refractivity contribution in [3.8, 4) is 17.1 Å². The first-order valence-corrected chi connectivity index (χ1v) is 9.73. The van der Waals surface area contributed by atoms with Crippen LogP contribution in [0.2, 0.25) is 0 Å². The Morgan fingerprint density at radius 1 is 1.11 bits per heavy atom. The van der Waals surface area contributed by atoms with Gasteiger partial charge in [-0.05, 0) is 50.2 Å². The number of nitrogens with zero attached hydrogens (tertiary/aromatic N) is 2. The van der Waals surface area contributed by atoms with Crippen molar-refractivity contribution < 1.29 is 9.15 Å². The molecule has 4 rings (SSSR count). The molecule has 0 atom stereocenters. The highest BCUT2D eigenvalue weighted by Gasteiger charge is 2.11. The normalized spacial score (nSPS) is 14.3. The molecule has 1 aromatic heterocycles. The number of piperazine rings is 1. The average Bonchev–Trinajstić information content (AvgIpc) is 3.17. The molecule has 1 fully saturated rings. The van der Waals surface area contributed by atoms with Crippen LogP contribution in [-0.2, 0) is 0 Å². The van der Waals surface area contributed by atoms with E-state index in [1.165, 1.54) is 5.69 Å². The van der Waals surface area contributed by atoms with Gasteiger partial charge in [-0.25, -0.2) is 4.98 Å². The summed E-state index contributed by atoms with van der Waals surface area (Å²) in [5, 5.41) is 6.61. The van der Waals surface area contributed by atoms with Crippen LogP contribution >= 0.6 is 0 Å². The second-order valence-electron chi connectivity index (χ2n) is 7.13. The van der Waals surface area contributed by atoms with E-state index < -0.39 is 0 Å². The topological polar surface area (TPSA) is 62.6 Å². The zero-order chi connectivity index (χ0) is 19.3. The van der Waals surface area contributed by atoms with E-state index in [2.05, 4.69) is 44.8 Å². The minimum Gasteiger partial charge on any atom is -0.491 e. The largest absolute Gasteiger partial charge is 0.491 e.